The quantitative estimate of drug-likeness (QED) is 0.348. The van der Waals surface area contributed by atoms with Crippen LogP contribution in [0.2, 0.25) is 0 Å². The van der Waals surface area contributed by atoms with Gasteiger partial charge in [0.05, 0.1) is 11.1 Å². The summed E-state index contributed by atoms with van der Waals surface area (Å²) in [6.07, 6.45) is 1.40. The fraction of sp³-hybridized carbons (Fsp3) is 0.333. The zero-order chi connectivity index (χ0) is 15.1. The number of nitrogens with two attached hydrogens (primary N) is 2. The van der Waals surface area contributed by atoms with Crippen molar-refractivity contribution in [3.8, 4) is 0 Å². The second-order valence-electron chi connectivity index (χ2n) is 3.94. The van der Waals surface area contributed by atoms with Crippen molar-refractivity contribution >= 4 is 23.5 Å². The summed E-state index contributed by atoms with van der Waals surface area (Å²) < 4.78 is 0. The van der Waals surface area contributed by atoms with Gasteiger partial charge in [0.15, 0.2) is 0 Å². The van der Waals surface area contributed by atoms with Crippen molar-refractivity contribution in [2.24, 2.45) is 21.7 Å². The van der Waals surface area contributed by atoms with Gasteiger partial charge in [0.2, 0.25) is 5.96 Å². The Bertz CT molecular complexity index is 533. The zero-order valence-corrected chi connectivity index (χ0v) is 11.5. The van der Waals surface area contributed by atoms with E-state index in [9.17, 15) is 10.1 Å². The molecule has 0 aliphatic carbocycles. The van der Waals surface area contributed by atoms with Crippen LogP contribution in [0.1, 0.15) is 19.4 Å². The first-order valence-corrected chi connectivity index (χ1v) is 6.14. The minimum absolute atomic E-state index is 0.00736. The fourth-order valence-corrected chi connectivity index (χ4v) is 1.77. The van der Waals surface area contributed by atoms with E-state index in [1.807, 2.05) is 13.8 Å². The molecule has 1 aromatic rings. The molecule has 1 aromatic carbocycles. The molecule has 108 valence electrons. The van der Waals surface area contributed by atoms with Gasteiger partial charge in [-0.15, -0.1) is 5.10 Å². The Morgan fingerprint density at radius 2 is 2.05 bits per heavy atom. The first-order valence-electron chi connectivity index (χ1n) is 6.14. The summed E-state index contributed by atoms with van der Waals surface area (Å²) in [7, 11) is 0. The average molecular weight is 278 g/mol. The molecule has 0 heterocycles. The van der Waals surface area contributed by atoms with Gasteiger partial charge in [0.25, 0.3) is 5.69 Å². The lowest BCUT2D eigenvalue weighted by Gasteiger charge is -2.22. The number of hydrogen-bond donors (Lipinski definition) is 2. The molecule has 0 aromatic heterocycles. The van der Waals surface area contributed by atoms with Crippen LogP contribution in [0, 0.1) is 10.1 Å². The molecule has 0 unspecified atom stereocenters. The van der Waals surface area contributed by atoms with Gasteiger partial charge >= 0.3 is 0 Å². The Kier molecular flexibility index (Phi) is 5.45. The van der Waals surface area contributed by atoms with Gasteiger partial charge in [0.1, 0.15) is 0 Å². The first-order chi connectivity index (χ1) is 9.49. The summed E-state index contributed by atoms with van der Waals surface area (Å²) in [5, 5.41) is 18.1. The highest BCUT2D eigenvalue weighted by Gasteiger charge is 2.12. The van der Waals surface area contributed by atoms with Gasteiger partial charge in [-0.05, 0) is 19.9 Å². The Morgan fingerprint density at radius 1 is 1.40 bits per heavy atom. The molecule has 0 saturated carbocycles. The molecule has 0 bridgehead atoms. The summed E-state index contributed by atoms with van der Waals surface area (Å²) in [6.45, 7) is 5.55. The summed E-state index contributed by atoms with van der Waals surface area (Å²) in [6, 6.07) is 4.60. The summed E-state index contributed by atoms with van der Waals surface area (Å²) >= 11 is 0. The van der Waals surface area contributed by atoms with E-state index in [1.54, 1.807) is 6.07 Å². The van der Waals surface area contributed by atoms with Gasteiger partial charge in [-0.25, -0.2) is 0 Å². The molecule has 4 N–H and O–H groups in total. The minimum Gasteiger partial charge on any atom is -0.372 e. The van der Waals surface area contributed by atoms with Crippen LogP contribution >= 0.6 is 0 Å². The Labute approximate surface area is 116 Å². The molecule has 0 spiro atoms. The molecule has 0 radical (unpaired) electrons. The van der Waals surface area contributed by atoms with Gasteiger partial charge in [0, 0.05) is 36.5 Å². The van der Waals surface area contributed by atoms with Gasteiger partial charge in [-0.3, -0.25) is 10.1 Å². The molecular formula is C12H18N6O2. The highest BCUT2D eigenvalue weighted by molar-refractivity contribution is 5.89. The summed E-state index contributed by atoms with van der Waals surface area (Å²) in [4.78, 5) is 12.4. The number of nitro benzene ring substituents is 1. The van der Waals surface area contributed by atoms with Crippen molar-refractivity contribution in [1.29, 1.82) is 0 Å². The fourth-order valence-electron chi connectivity index (χ4n) is 1.77. The molecule has 0 atom stereocenters. The maximum Gasteiger partial charge on any atom is 0.270 e. The second-order valence-corrected chi connectivity index (χ2v) is 3.94. The predicted octanol–water partition coefficient (Wildman–Crippen LogP) is 1.05. The molecule has 0 amide bonds. The topological polar surface area (TPSA) is 123 Å². The third-order valence-corrected chi connectivity index (χ3v) is 2.70. The molecule has 8 heteroatoms. The van der Waals surface area contributed by atoms with Crippen molar-refractivity contribution in [1.82, 2.24) is 0 Å². The number of nitrogens with zero attached hydrogens (tertiary/aromatic N) is 4. The molecule has 8 nitrogen and oxygen atoms in total. The number of benzene rings is 1. The van der Waals surface area contributed by atoms with Crippen LogP contribution in [0.3, 0.4) is 0 Å². The van der Waals surface area contributed by atoms with Crippen LogP contribution in [0.4, 0.5) is 11.4 Å². The third-order valence-electron chi connectivity index (χ3n) is 2.70. The molecule has 0 saturated heterocycles. The van der Waals surface area contributed by atoms with Crippen LogP contribution in [-0.2, 0) is 0 Å². The standard InChI is InChI=1S/C12H18N6O2/c1-3-17(4-2)11-6-5-10(18(19)20)7-9(11)8-15-16-12(13)14/h5-8H,3-4H2,1-2H3,(H4,13,14,16). The van der Waals surface area contributed by atoms with E-state index in [4.69, 9.17) is 11.5 Å². The van der Waals surface area contributed by atoms with Crippen molar-refractivity contribution in [2.45, 2.75) is 13.8 Å². The molecular weight excluding hydrogens is 260 g/mol. The van der Waals surface area contributed by atoms with E-state index in [2.05, 4.69) is 15.1 Å². The predicted molar refractivity (Wildman–Crippen MR) is 80.1 cm³/mol. The highest BCUT2D eigenvalue weighted by atomic mass is 16.6. The third kappa shape index (κ3) is 3.94. The number of guanidine groups is 1. The first kappa shape index (κ1) is 15.4. The number of nitro groups is 1. The minimum atomic E-state index is -0.454. The van der Waals surface area contributed by atoms with Crippen molar-refractivity contribution in [2.75, 3.05) is 18.0 Å². The Morgan fingerprint density at radius 3 is 2.55 bits per heavy atom. The second kappa shape index (κ2) is 7.07. The average Bonchev–Trinajstić information content (AvgIpc) is 2.40. The number of anilines is 1. The molecule has 20 heavy (non-hydrogen) atoms. The van der Waals surface area contributed by atoms with E-state index in [1.165, 1.54) is 18.3 Å². The van der Waals surface area contributed by atoms with Gasteiger partial charge in [-0.1, -0.05) is 0 Å². The number of rotatable bonds is 6. The van der Waals surface area contributed by atoms with Gasteiger partial charge in [-0.2, -0.15) is 5.10 Å². The lowest BCUT2D eigenvalue weighted by Crippen LogP contribution is -2.23. The number of non-ortho nitro benzene ring substituents is 1. The van der Waals surface area contributed by atoms with Crippen LogP contribution in [0.15, 0.2) is 28.4 Å². The lowest BCUT2D eigenvalue weighted by molar-refractivity contribution is -0.384. The maximum atomic E-state index is 10.8. The van der Waals surface area contributed by atoms with Crippen molar-refractivity contribution < 1.29 is 4.92 Å². The van der Waals surface area contributed by atoms with E-state index >= 15 is 0 Å². The largest absolute Gasteiger partial charge is 0.372 e. The monoisotopic (exact) mass is 278 g/mol. The normalized spacial score (nSPS) is 10.5. The lowest BCUT2D eigenvalue weighted by atomic mass is 10.1. The van der Waals surface area contributed by atoms with E-state index < -0.39 is 4.92 Å². The van der Waals surface area contributed by atoms with Crippen LogP contribution in [0.25, 0.3) is 0 Å². The van der Waals surface area contributed by atoms with Crippen LogP contribution in [0.5, 0.6) is 0 Å². The summed E-state index contributed by atoms with van der Waals surface area (Å²) in [5.74, 6) is -0.170. The van der Waals surface area contributed by atoms with Crippen molar-refractivity contribution in [3.05, 3.63) is 33.9 Å². The molecule has 0 aliphatic heterocycles. The Hall–Kier alpha value is -2.64. The van der Waals surface area contributed by atoms with E-state index in [0.717, 1.165) is 18.8 Å². The maximum absolute atomic E-state index is 10.8. The SMILES string of the molecule is CCN(CC)c1ccc([N+](=O)[O-])cc1C=NN=C(N)N. The summed E-state index contributed by atoms with van der Waals surface area (Å²) in [5.41, 5.74) is 11.8. The smallest absolute Gasteiger partial charge is 0.270 e. The molecule has 0 fully saturated rings. The van der Waals surface area contributed by atoms with Crippen LogP contribution in [-0.4, -0.2) is 30.2 Å². The molecule has 0 aliphatic rings. The molecule has 1 rings (SSSR count). The van der Waals surface area contributed by atoms with Crippen LogP contribution < -0.4 is 16.4 Å². The highest BCUT2D eigenvalue weighted by Crippen LogP contribution is 2.24. The van der Waals surface area contributed by atoms with E-state index in [0.29, 0.717) is 5.56 Å². The number of hydrogen-bond acceptors (Lipinski definition) is 5. The van der Waals surface area contributed by atoms with Crippen molar-refractivity contribution in [3.63, 3.8) is 0 Å². The van der Waals surface area contributed by atoms with E-state index in [-0.39, 0.29) is 11.6 Å². The Balaban J connectivity index is 3.26. The van der Waals surface area contributed by atoms with Gasteiger partial charge < -0.3 is 16.4 Å². The zero-order valence-electron chi connectivity index (χ0n) is 11.5.